The second kappa shape index (κ2) is 27.0. The molecule has 0 unspecified atom stereocenters. The van der Waals surface area contributed by atoms with E-state index in [0.29, 0.717) is 6.42 Å². The van der Waals surface area contributed by atoms with Gasteiger partial charge in [0.2, 0.25) is 0 Å². The topological polar surface area (TPSA) is 115 Å². The Morgan fingerprint density at radius 3 is 1.39 bits per heavy atom. The van der Waals surface area contributed by atoms with Crippen molar-refractivity contribution in [2.24, 2.45) is 0 Å². The number of benzene rings is 1. The average Bonchev–Trinajstić information content (AvgIpc) is 2.71. The molecule has 0 radical (unpaired) electrons. The summed E-state index contributed by atoms with van der Waals surface area (Å²) in [6.45, 7) is 8.03. The van der Waals surface area contributed by atoms with E-state index in [1.54, 1.807) is 32.9 Å². The van der Waals surface area contributed by atoms with Crippen LogP contribution in [0.2, 0.25) is 0 Å². The second-order valence-electron chi connectivity index (χ2n) is 6.96. The maximum absolute atomic E-state index is 11.3. The van der Waals surface area contributed by atoms with Gasteiger partial charge in [-0.15, -0.1) is 0 Å². The van der Waals surface area contributed by atoms with Crippen molar-refractivity contribution >= 4 is 10.1 Å². The molecule has 0 saturated heterocycles. The third-order valence-corrected chi connectivity index (χ3v) is 5.00. The molecule has 4 N–H and O–H groups in total. The van der Waals surface area contributed by atoms with Crippen molar-refractivity contribution in [3.8, 4) is 0 Å². The fraction of sp³-hybridized carbons (Fsp3) is 0.750. The Bertz CT molecular complexity index is 556. The predicted molar refractivity (Wildman–Crippen MR) is 130 cm³/mol. The number of rotatable bonds is 12. The Kier molecular flexibility index (Phi) is 30.2. The molecule has 6 nitrogen and oxygen atoms in total. The summed E-state index contributed by atoms with van der Waals surface area (Å²) in [4.78, 5) is 0.0610. The van der Waals surface area contributed by atoms with Gasteiger partial charge in [0.15, 0.2) is 0 Å². The van der Waals surface area contributed by atoms with Gasteiger partial charge in [0.1, 0.15) is 0 Å². The van der Waals surface area contributed by atoms with E-state index in [4.69, 9.17) is 15.3 Å². The Morgan fingerprint density at radius 1 is 0.645 bits per heavy atom. The normalized spacial score (nSPS) is 10.1. The molecule has 0 aliphatic carbocycles. The van der Waals surface area contributed by atoms with E-state index in [1.807, 2.05) is 6.07 Å². The lowest BCUT2D eigenvalue weighted by molar-refractivity contribution is 0.318. The van der Waals surface area contributed by atoms with Crippen LogP contribution in [-0.2, 0) is 16.5 Å². The highest BCUT2D eigenvalue weighted by molar-refractivity contribution is 7.85. The largest absolute Gasteiger partial charge is 0.397 e. The number of aliphatic hydroxyl groups excluding tert-OH is 3. The molecule has 0 spiro atoms. The minimum absolute atomic E-state index is 0.0610. The predicted octanol–water partition coefficient (Wildman–Crippen LogP) is 5.39. The van der Waals surface area contributed by atoms with Crippen LogP contribution >= 0.6 is 0 Å². The zero-order valence-corrected chi connectivity index (χ0v) is 21.0. The molecule has 186 valence electrons. The second-order valence-corrected chi connectivity index (χ2v) is 8.35. The third-order valence-electron chi connectivity index (χ3n) is 4.05. The third kappa shape index (κ3) is 27.0. The van der Waals surface area contributed by atoms with Crippen LogP contribution in [0.1, 0.15) is 97.5 Å². The molecule has 31 heavy (non-hydrogen) atoms. The van der Waals surface area contributed by atoms with Crippen molar-refractivity contribution < 1.29 is 28.3 Å². The van der Waals surface area contributed by atoms with E-state index in [-0.39, 0.29) is 24.7 Å². The summed E-state index contributed by atoms with van der Waals surface area (Å²) in [6.07, 6.45) is 13.3. The molecule has 1 rings (SSSR count). The van der Waals surface area contributed by atoms with Crippen molar-refractivity contribution in [3.63, 3.8) is 0 Å². The summed E-state index contributed by atoms with van der Waals surface area (Å²) in [5, 5.41) is 22.7. The highest BCUT2D eigenvalue weighted by Gasteiger charge is 2.13. The molecule has 1 aromatic rings. The minimum atomic E-state index is -4.10. The summed E-state index contributed by atoms with van der Waals surface area (Å²) in [6, 6.07) is 6.73. The van der Waals surface area contributed by atoms with Crippen molar-refractivity contribution in [1.29, 1.82) is 0 Å². The lowest BCUT2D eigenvalue weighted by Crippen LogP contribution is -2.03. The minimum Gasteiger partial charge on any atom is -0.397 e. The van der Waals surface area contributed by atoms with Gasteiger partial charge in [0.25, 0.3) is 10.1 Å². The molecule has 0 aromatic heterocycles. The lowest BCUT2D eigenvalue weighted by atomic mass is 10.0. The monoisotopic (exact) mass is 464 g/mol. The van der Waals surface area contributed by atoms with Crippen LogP contribution in [0, 0.1) is 0 Å². The quantitative estimate of drug-likeness (QED) is 0.243. The highest BCUT2D eigenvalue weighted by Crippen LogP contribution is 2.18. The van der Waals surface area contributed by atoms with Crippen molar-refractivity contribution in [2.75, 3.05) is 19.8 Å². The Balaban J connectivity index is -0.000000744. The van der Waals surface area contributed by atoms with Gasteiger partial charge in [0, 0.05) is 19.8 Å². The van der Waals surface area contributed by atoms with E-state index in [9.17, 15) is 13.0 Å². The SMILES string of the molecule is CCCCCCCCCCCCc1ccccc1S(=O)(=O)O.CCO.CCO.CCO. The molecule has 0 aliphatic rings. The molecular formula is C24H48O6S. The Morgan fingerprint density at radius 2 is 1.00 bits per heavy atom. The van der Waals surface area contributed by atoms with Crippen LogP contribution < -0.4 is 0 Å². The molecule has 7 heteroatoms. The van der Waals surface area contributed by atoms with Gasteiger partial charge in [-0.25, -0.2) is 0 Å². The molecule has 0 fully saturated rings. The van der Waals surface area contributed by atoms with Crippen LogP contribution in [0.25, 0.3) is 0 Å². The van der Waals surface area contributed by atoms with Crippen molar-refractivity contribution in [2.45, 2.75) is 103 Å². The average molecular weight is 465 g/mol. The standard InChI is InChI=1S/C18H30O3S.3C2H6O/c1-2-3-4-5-6-7-8-9-10-11-14-17-15-12-13-16-18(17)22(19,20)21;3*1-2-3/h12-13,15-16H,2-11,14H2,1H3,(H,19,20,21);3*3H,2H2,1H3. The highest BCUT2D eigenvalue weighted by atomic mass is 32.2. The van der Waals surface area contributed by atoms with E-state index in [2.05, 4.69) is 6.92 Å². The number of hydrogen-bond acceptors (Lipinski definition) is 5. The van der Waals surface area contributed by atoms with Gasteiger partial charge in [0.05, 0.1) is 4.90 Å². The van der Waals surface area contributed by atoms with Crippen LogP contribution in [0.3, 0.4) is 0 Å². The van der Waals surface area contributed by atoms with E-state index in [1.165, 1.54) is 57.4 Å². The lowest BCUT2D eigenvalue weighted by Gasteiger charge is -2.07. The molecule has 1 aromatic carbocycles. The van der Waals surface area contributed by atoms with E-state index < -0.39 is 10.1 Å². The molecule has 0 saturated carbocycles. The first-order valence-corrected chi connectivity index (χ1v) is 13.1. The first-order chi connectivity index (χ1) is 14.8. The van der Waals surface area contributed by atoms with Gasteiger partial charge in [-0.1, -0.05) is 82.9 Å². The summed E-state index contributed by atoms with van der Waals surface area (Å²) < 4.78 is 31.8. The first kappa shape index (κ1) is 34.6. The zero-order chi connectivity index (χ0) is 24.4. The fourth-order valence-electron chi connectivity index (χ4n) is 2.76. The van der Waals surface area contributed by atoms with Gasteiger partial charge in [-0.2, -0.15) is 8.42 Å². The van der Waals surface area contributed by atoms with Crippen LogP contribution in [0.5, 0.6) is 0 Å². The molecular weight excluding hydrogens is 416 g/mol. The number of aliphatic hydroxyl groups is 3. The van der Waals surface area contributed by atoms with Crippen LogP contribution in [0.4, 0.5) is 0 Å². The molecule has 0 bridgehead atoms. The maximum atomic E-state index is 11.3. The number of hydrogen-bond donors (Lipinski definition) is 4. The van der Waals surface area contributed by atoms with Gasteiger partial charge in [-0.3, -0.25) is 4.55 Å². The number of unbranched alkanes of at least 4 members (excludes halogenated alkanes) is 9. The summed E-state index contributed by atoms with van der Waals surface area (Å²) in [7, 11) is -4.10. The Hall–Kier alpha value is -0.990. The molecule has 0 aliphatic heterocycles. The van der Waals surface area contributed by atoms with Crippen LogP contribution in [-0.4, -0.2) is 48.1 Å². The Labute approximate surface area is 191 Å². The van der Waals surface area contributed by atoms with Gasteiger partial charge < -0.3 is 15.3 Å². The molecule has 0 amide bonds. The summed E-state index contributed by atoms with van der Waals surface area (Å²) in [5.74, 6) is 0. The smallest absolute Gasteiger partial charge is 0.294 e. The van der Waals surface area contributed by atoms with Crippen molar-refractivity contribution in [3.05, 3.63) is 29.8 Å². The first-order valence-electron chi connectivity index (χ1n) is 11.7. The van der Waals surface area contributed by atoms with Gasteiger partial charge >= 0.3 is 0 Å². The summed E-state index contributed by atoms with van der Waals surface area (Å²) >= 11 is 0. The van der Waals surface area contributed by atoms with Gasteiger partial charge in [-0.05, 0) is 45.2 Å². The summed E-state index contributed by atoms with van der Waals surface area (Å²) in [5.41, 5.74) is 0.726. The van der Waals surface area contributed by atoms with E-state index >= 15 is 0 Å². The van der Waals surface area contributed by atoms with E-state index in [0.717, 1.165) is 18.4 Å². The number of aryl methyl sites for hydroxylation is 1. The molecule has 0 heterocycles. The molecule has 0 atom stereocenters. The zero-order valence-electron chi connectivity index (χ0n) is 20.2. The maximum Gasteiger partial charge on any atom is 0.294 e. The fourth-order valence-corrected chi connectivity index (χ4v) is 3.52. The van der Waals surface area contributed by atoms with Crippen molar-refractivity contribution in [1.82, 2.24) is 0 Å². The van der Waals surface area contributed by atoms with Crippen LogP contribution in [0.15, 0.2) is 29.2 Å².